The summed E-state index contributed by atoms with van der Waals surface area (Å²) in [6.45, 7) is 4.12. The first-order valence-corrected chi connectivity index (χ1v) is 15.1. The first-order chi connectivity index (χ1) is 19.8. The molecule has 0 N–H and O–H groups in total. The van der Waals surface area contributed by atoms with Crippen molar-refractivity contribution in [3.63, 3.8) is 0 Å². The molecule has 0 amide bonds. The second-order valence-corrected chi connectivity index (χ2v) is 11.7. The molecule has 5 rings (SSSR count). The Morgan fingerprint density at radius 2 is 1.59 bits per heavy atom. The number of aldehydes is 1. The average molecular weight is 596 g/mol. The molecule has 1 aliphatic heterocycles. The Morgan fingerprint density at radius 1 is 0.878 bits per heavy atom. The van der Waals surface area contributed by atoms with Crippen molar-refractivity contribution < 1.29 is 14.3 Å². The number of benzene rings is 3. The van der Waals surface area contributed by atoms with Crippen LogP contribution in [-0.2, 0) is 0 Å². The number of carbonyl (C=O) groups excluding carboxylic acids is 1. The lowest BCUT2D eigenvalue weighted by atomic mass is 10.1. The van der Waals surface area contributed by atoms with Gasteiger partial charge in [-0.15, -0.1) is 11.3 Å². The van der Waals surface area contributed by atoms with E-state index in [1.54, 1.807) is 30.6 Å². The van der Waals surface area contributed by atoms with Crippen molar-refractivity contribution in [1.82, 2.24) is 4.90 Å². The van der Waals surface area contributed by atoms with Crippen LogP contribution in [0, 0.1) is 0 Å². The molecule has 1 aliphatic rings. The van der Waals surface area contributed by atoms with Crippen LogP contribution in [0.4, 0.5) is 10.7 Å². The van der Waals surface area contributed by atoms with Crippen molar-refractivity contribution in [1.29, 1.82) is 0 Å². The molecule has 41 heavy (non-hydrogen) atoms. The van der Waals surface area contributed by atoms with E-state index in [1.165, 1.54) is 47.4 Å². The molecule has 1 aromatic heterocycles. The van der Waals surface area contributed by atoms with Gasteiger partial charge >= 0.3 is 0 Å². The number of anilines is 2. The number of likely N-dealkylation sites (tertiary alicyclic amines) is 1. The van der Waals surface area contributed by atoms with Gasteiger partial charge in [0.1, 0.15) is 24.4 Å². The number of methoxy groups -OCH3 is 1. The number of piperidine rings is 1. The first-order valence-electron chi connectivity index (χ1n) is 13.9. The van der Waals surface area contributed by atoms with Crippen LogP contribution >= 0.6 is 22.9 Å². The quantitative estimate of drug-likeness (QED) is 0.194. The maximum atomic E-state index is 10.5. The van der Waals surface area contributed by atoms with Crippen LogP contribution in [0.15, 0.2) is 72.8 Å². The zero-order valence-electron chi connectivity index (χ0n) is 24.8. The molecular weight excluding hydrogens is 554 g/mol. The number of nitrogens with zero attached hydrogens (tertiary/aromatic N) is 3. The number of carbonyl (C=O) groups is 1. The average Bonchev–Trinajstić information content (AvgIpc) is 3.43. The topological polar surface area (TPSA) is 45.3 Å². The highest BCUT2D eigenvalue weighted by Gasteiger charge is 2.09. The smallest absolute Gasteiger partial charge is 0.150 e. The van der Waals surface area contributed by atoms with Gasteiger partial charge in [-0.05, 0) is 98.0 Å². The summed E-state index contributed by atoms with van der Waals surface area (Å²) in [6, 6.07) is 23.4. The third-order valence-corrected chi connectivity index (χ3v) is 8.12. The zero-order chi connectivity index (χ0) is 29.6. The standard InChI is InChI=1S/C14H19NO2.C11H13NOS.C8H10ClN/c16-12-13-4-6-14(7-5-13)17-11-10-15-8-2-1-3-9-15;1-12(2)11-6-8-4-5-9(13-3)7-10(8)14-11;1-10(2)8-5-3-4-7(9)6-8/h4-7,12H,1-3,8-11H2;4-7H,1-3H3;3-6H,1-2H3. The van der Waals surface area contributed by atoms with Crippen LogP contribution in [0.3, 0.4) is 0 Å². The van der Waals surface area contributed by atoms with E-state index in [9.17, 15) is 4.79 Å². The van der Waals surface area contributed by atoms with E-state index in [0.29, 0.717) is 5.56 Å². The molecule has 0 aliphatic carbocycles. The zero-order valence-corrected chi connectivity index (χ0v) is 26.4. The van der Waals surface area contributed by atoms with Crippen LogP contribution in [0.2, 0.25) is 5.02 Å². The van der Waals surface area contributed by atoms with E-state index in [0.717, 1.165) is 41.6 Å². The molecule has 2 heterocycles. The van der Waals surface area contributed by atoms with Gasteiger partial charge < -0.3 is 19.3 Å². The number of halogens is 1. The normalized spacial score (nSPS) is 12.8. The van der Waals surface area contributed by atoms with E-state index in [1.807, 2.05) is 61.5 Å². The Hall–Kier alpha value is -3.26. The third-order valence-electron chi connectivity index (χ3n) is 6.62. The van der Waals surface area contributed by atoms with Gasteiger partial charge in [0.2, 0.25) is 0 Å². The lowest BCUT2D eigenvalue weighted by Crippen LogP contribution is -2.33. The summed E-state index contributed by atoms with van der Waals surface area (Å²) in [5.74, 6) is 1.76. The Labute approximate surface area is 254 Å². The number of hydrogen-bond donors (Lipinski definition) is 0. The van der Waals surface area contributed by atoms with E-state index >= 15 is 0 Å². The molecule has 4 aromatic rings. The summed E-state index contributed by atoms with van der Waals surface area (Å²) >= 11 is 7.54. The van der Waals surface area contributed by atoms with E-state index < -0.39 is 0 Å². The predicted molar refractivity (Wildman–Crippen MR) is 176 cm³/mol. The number of ether oxygens (including phenoxy) is 2. The molecule has 0 radical (unpaired) electrons. The second kappa shape index (κ2) is 16.9. The molecule has 3 aromatic carbocycles. The van der Waals surface area contributed by atoms with Crippen molar-refractivity contribution in [3.05, 3.63) is 83.4 Å². The number of fused-ring (bicyclic) bond motifs is 1. The highest BCUT2D eigenvalue weighted by Crippen LogP contribution is 2.33. The SMILES string of the molecule is CN(C)c1cccc(Cl)c1.COc1ccc2cc(N(C)C)sc2c1.O=Cc1ccc(OCCN2CCCCC2)cc1. The van der Waals surface area contributed by atoms with Gasteiger partial charge in [-0.25, -0.2) is 0 Å². The molecular formula is C33H42ClN3O3S. The summed E-state index contributed by atoms with van der Waals surface area (Å²) in [5.41, 5.74) is 1.82. The van der Waals surface area contributed by atoms with E-state index in [4.69, 9.17) is 21.1 Å². The molecule has 1 saturated heterocycles. The monoisotopic (exact) mass is 595 g/mol. The minimum atomic E-state index is 0.688. The van der Waals surface area contributed by atoms with Gasteiger partial charge in [-0.2, -0.15) is 0 Å². The highest BCUT2D eigenvalue weighted by atomic mass is 35.5. The molecule has 0 bridgehead atoms. The summed E-state index contributed by atoms with van der Waals surface area (Å²) < 4.78 is 12.1. The fourth-order valence-corrected chi connectivity index (χ4v) is 5.42. The summed E-state index contributed by atoms with van der Waals surface area (Å²) in [5, 5.41) is 3.33. The largest absolute Gasteiger partial charge is 0.497 e. The number of thiophene rings is 1. The Morgan fingerprint density at radius 3 is 2.17 bits per heavy atom. The van der Waals surface area contributed by atoms with Gasteiger partial charge in [-0.3, -0.25) is 9.69 Å². The molecule has 0 atom stereocenters. The fraction of sp³-hybridized carbons (Fsp3) is 0.364. The van der Waals surface area contributed by atoms with E-state index in [2.05, 4.69) is 42.1 Å². The summed E-state index contributed by atoms with van der Waals surface area (Å²) in [7, 11) is 9.79. The maximum absolute atomic E-state index is 10.5. The number of hydrogen-bond acceptors (Lipinski definition) is 7. The van der Waals surface area contributed by atoms with Crippen LogP contribution in [0.25, 0.3) is 10.1 Å². The predicted octanol–water partition coefficient (Wildman–Crippen LogP) is 7.75. The minimum absolute atomic E-state index is 0.688. The van der Waals surface area contributed by atoms with Crippen LogP contribution in [0.5, 0.6) is 11.5 Å². The molecule has 0 spiro atoms. The minimum Gasteiger partial charge on any atom is -0.497 e. The lowest BCUT2D eigenvalue weighted by molar-refractivity contribution is 0.112. The Kier molecular flexibility index (Phi) is 13.3. The number of rotatable bonds is 8. The lowest BCUT2D eigenvalue weighted by Gasteiger charge is -2.26. The van der Waals surface area contributed by atoms with Gasteiger partial charge in [0.25, 0.3) is 0 Å². The van der Waals surface area contributed by atoms with Crippen molar-refractivity contribution in [2.75, 3.05) is 71.3 Å². The molecule has 8 heteroatoms. The van der Waals surface area contributed by atoms with Gasteiger partial charge in [0, 0.05) is 55.7 Å². The van der Waals surface area contributed by atoms with Crippen molar-refractivity contribution in [3.8, 4) is 11.5 Å². The molecule has 1 fully saturated rings. The van der Waals surface area contributed by atoms with Crippen molar-refractivity contribution in [2.45, 2.75) is 19.3 Å². The molecule has 0 saturated carbocycles. The van der Waals surface area contributed by atoms with Crippen LogP contribution < -0.4 is 19.3 Å². The summed E-state index contributed by atoms with van der Waals surface area (Å²) in [6.07, 6.45) is 4.84. The highest BCUT2D eigenvalue weighted by molar-refractivity contribution is 7.22. The van der Waals surface area contributed by atoms with Gasteiger partial charge in [0.05, 0.1) is 12.1 Å². The maximum Gasteiger partial charge on any atom is 0.150 e. The fourth-order valence-electron chi connectivity index (χ4n) is 4.22. The van der Waals surface area contributed by atoms with Crippen LogP contribution in [0.1, 0.15) is 29.6 Å². The third kappa shape index (κ3) is 10.9. The van der Waals surface area contributed by atoms with Crippen molar-refractivity contribution in [2.24, 2.45) is 0 Å². The summed E-state index contributed by atoms with van der Waals surface area (Å²) in [4.78, 5) is 17.1. The molecule has 220 valence electrons. The first kappa shape index (κ1) is 32.3. The molecule has 0 unspecified atom stereocenters. The van der Waals surface area contributed by atoms with Gasteiger partial charge in [0.15, 0.2) is 0 Å². The second-order valence-electron chi connectivity index (χ2n) is 10.2. The van der Waals surface area contributed by atoms with Crippen LogP contribution in [-0.4, -0.2) is 72.7 Å². The Balaban J connectivity index is 0.000000175. The van der Waals surface area contributed by atoms with E-state index in [-0.39, 0.29) is 0 Å². The van der Waals surface area contributed by atoms with Crippen molar-refractivity contribution >= 4 is 50.0 Å². The Bertz CT molecular complexity index is 1340. The molecule has 6 nitrogen and oxygen atoms in total. The van der Waals surface area contributed by atoms with Gasteiger partial charge in [-0.1, -0.05) is 24.1 Å².